The number of allylic oxidation sites excluding steroid dienone is 2. The topological polar surface area (TPSA) is 59.8 Å². The van der Waals surface area contributed by atoms with Crippen LogP contribution in [-0.2, 0) is 15.7 Å². The second-order valence-corrected chi connectivity index (χ2v) is 10.6. The maximum Gasteiger partial charge on any atom is 0.416 e. The lowest BCUT2D eigenvalue weighted by Gasteiger charge is -2.38. The predicted molar refractivity (Wildman–Crippen MR) is 153 cm³/mol. The smallest absolute Gasteiger partial charge is 0.416 e. The molecule has 42 heavy (non-hydrogen) atoms. The van der Waals surface area contributed by atoms with Crippen molar-refractivity contribution in [2.45, 2.75) is 51.0 Å². The number of piperidine rings is 1. The fourth-order valence-electron chi connectivity index (χ4n) is 5.51. The van der Waals surface area contributed by atoms with Gasteiger partial charge in [0.05, 0.1) is 24.4 Å². The Balaban J connectivity index is 1.20. The largest absolute Gasteiger partial charge is 0.497 e. The van der Waals surface area contributed by atoms with Crippen LogP contribution in [0.25, 0.3) is 16.8 Å². The van der Waals surface area contributed by atoms with Crippen molar-refractivity contribution in [2.75, 3.05) is 38.2 Å². The van der Waals surface area contributed by atoms with E-state index in [1.807, 2.05) is 44.2 Å². The molecule has 1 atom stereocenters. The number of ether oxygens (including phenoxy) is 2. The molecule has 0 spiro atoms. The molecule has 0 amide bonds. The molecule has 1 N–H and O–H groups in total. The summed E-state index contributed by atoms with van der Waals surface area (Å²) in [5, 5.41) is 3.27. The van der Waals surface area contributed by atoms with E-state index in [2.05, 4.69) is 15.2 Å². The molecule has 2 aliphatic rings. The highest BCUT2D eigenvalue weighted by Crippen LogP contribution is 2.41. The molecule has 0 radical (unpaired) electrons. The maximum absolute atomic E-state index is 16.5. The molecule has 0 bridgehead atoms. The lowest BCUT2D eigenvalue weighted by Crippen LogP contribution is -2.46. The third-order valence-electron chi connectivity index (χ3n) is 7.46. The standard InChI is InChI=1S/C32H35F4N3O3/c1-3-40-27-18-31(33,19-28(41-4-2)29(27)23-8-6-5-7-9-23)21-39-16-14-25(15-17-39)37-30-38-26(20-42-30)22-10-12-24(13-11-22)32(34,35)36/h5-13,18,20,25H,3-4,14-17,19,21H2,1-2H3,(H,37,38). The third kappa shape index (κ3) is 6.98. The Morgan fingerprint density at radius 2 is 1.67 bits per heavy atom. The van der Waals surface area contributed by atoms with E-state index in [9.17, 15) is 13.2 Å². The van der Waals surface area contributed by atoms with Crippen molar-refractivity contribution in [1.82, 2.24) is 9.88 Å². The summed E-state index contributed by atoms with van der Waals surface area (Å²) in [5.74, 6) is 1.10. The Morgan fingerprint density at radius 3 is 2.31 bits per heavy atom. The number of rotatable bonds is 10. The minimum absolute atomic E-state index is 0.0698. The first-order valence-electron chi connectivity index (χ1n) is 14.3. The molecule has 5 rings (SSSR count). The van der Waals surface area contributed by atoms with E-state index < -0.39 is 17.4 Å². The van der Waals surface area contributed by atoms with E-state index in [0.29, 0.717) is 55.1 Å². The molecule has 1 fully saturated rings. The summed E-state index contributed by atoms with van der Waals surface area (Å²) in [5.41, 5.74) is 0.359. The molecule has 6 nitrogen and oxygen atoms in total. The maximum atomic E-state index is 16.5. The number of aromatic nitrogens is 1. The van der Waals surface area contributed by atoms with Gasteiger partial charge in [0.15, 0.2) is 5.67 Å². The van der Waals surface area contributed by atoms with Crippen LogP contribution in [0, 0.1) is 0 Å². The van der Waals surface area contributed by atoms with Gasteiger partial charge in [-0.05, 0) is 50.5 Å². The molecule has 10 heteroatoms. The average molecular weight is 586 g/mol. The number of likely N-dealkylation sites (tertiary alicyclic amines) is 1. The summed E-state index contributed by atoms with van der Waals surface area (Å²) in [7, 11) is 0. The predicted octanol–water partition coefficient (Wildman–Crippen LogP) is 7.72. The van der Waals surface area contributed by atoms with E-state index in [1.54, 1.807) is 6.08 Å². The molecule has 0 saturated carbocycles. The molecule has 1 aliphatic carbocycles. The molecular weight excluding hydrogens is 550 g/mol. The van der Waals surface area contributed by atoms with Gasteiger partial charge in [0.2, 0.25) is 0 Å². The van der Waals surface area contributed by atoms with Gasteiger partial charge >= 0.3 is 6.18 Å². The molecule has 224 valence electrons. The summed E-state index contributed by atoms with van der Waals surface area (Å²) < 4.78 is 72.5. The highest BCUT2D eigenvalue weighted by atomic mass is 19.4. The Labute approximate surface area is 243 Å². The molecular formula is C32H35F4N3O3. The lowest BCUT2D eigenvalue weighted by atomic mass is 9.86. The number of hydrogen-bond donors (Lipinski definition) is 1. The van der Waals surface area contributed by atoms with Crippen molar-refractivity contribution >= 4 is 11.6 Å². The zero-order valence-corrected chi connectivity index (χ0v) is 23.7. The number of oxazole rings is 1. The second kappa shape index (κ2) is 12.6. The summed E-state index contributed by atoms with van der Waals surface area (Å²) in [6, 6.07) is 15.0. The number of anilines is 1. The van der Waals surface area contributed by atoms with Crippen LogP contribution in [0.5, 0.6) is 0 Å². The van der Waals surface area contributed by atoms with Crippen molar-refractivity contribution in [2.24, 2.45) is 0 Å². The number of hydrogen-bond acceptors (Lipinski definition) is 6. The lowest BCUT2D eigenvalue weighted by molar-refractivity contribution is -0.137. The van der Waals surface area contributed by atoms with E-state index in [0.717, 1.165) is 36.1 Å². The van der Waals surface area contributed by atoms with Crippen molar-refractivity contribution in [3.05, 3.63) is 89.6 Å². The van der Waals surface area contributed by atoms with Gasteiger partial charge in [0.1, 0.15) is 23.5 Å². The van der Waals surface area contributed by atoms with Gasteiger partial charge < -0.3 is 19.2 Å². The van der Waals surface area contributed by atoms with Crippen molar-refractivity contribution in [1.29, 1.82) is 0 Å². The van der Waals surface area contributed by atoms with Crippen LogP contribution in [0.4, 0.5) is 23.6 Å². The van der Waals surface area contributed by atoms with E-state index in [-0.39, 0.29) is 19.0 Å². The molecule has 2 aromatic carbocycles. The number of halogens is 4. The molecule has 2 heterocycles. The van der Waals surface area contributed by atoms with Gasteiger partial charge in [-0.25, -0.2) is 4.39 Å². The second-order valence-electron chi connectivity index (χ2n) is 10.6. The van der Waals surface area contributed by atoms with E-state index in [4.69, 9.17) is 13.9 Å². The molecule has 1 aliphatic heterocycles. The molecule has 1 saturated heterocycles. The normalized spacial score (nSPS) is 20.4. The first-order chi connectivity index (χ1) is 20.2. The Morgan fingerprint density at radius 1 is 0.976 bits per heavy atom. The van der Waals surface area contributed by atoms with Gasteiger partial charge in [-0.1, -0.05) is 42.5 Å². The highest BCUT2D eigenvalue weighted by Gasteiger charge is 2.39. The Hall–Kier alpha value is -3.79. The van der Waals surface area contributed by atoms with Crippen molar-refractivity contribution in [3.8, 4) is 11.3 Å². The van der Waals surface area contributed by atoms with Crippen molar-refractivity contribution in [3.63, 3.8) is 0 Å². The zero-order chi connectivity index (χ0) is 29.7. The fourth-order valence-corrected chi connectivity index (χ4v) is 5.51. The Kier molecular flexibility index (Phi) is 8.91. The van der Waals surface area contributed by atoms with Crippen LogP contribution in [0.15, 0.2) is 82.9 Å². The first kappa shape index (κ1) is 29.7. The molecule has 3 aromatic rings. The van der Waals surface area contributed by atoms with E-state index in [1.165, 1.54) is 18.4 Å². The monoisotopic (exact) mass is 585 g/mol. The number of alkyl halides is 4. The SMILES string of the molecule is CCOC1=CC(F)(CN2CCC(Nc3nc(-c4ccc(C(F)(F)F)cc4)co3)CC2)CC(OCC)=C1c1ccccc1. The zero-order valence-electron chi connectivity index (χ0n) is 23.7. The summed E-state index contributed by atoms with van der Waals surface area (Å²) in [4.78, 5) is 6.51. The highest BCUT2D eigenvalue weighted by molar-refractivity contribution is 5.80. The van der Waals surface area contributed by atoms with Crippen LogP contribution >= 0.6 is 0 Å². The summed E-state index contributed by atoms with van der Waals surface area (Å²) in [6.07, 6.45) is 0.270. The van der Waals surface area contributed by atoms with Crippen LogP contribution in [0.3, 0.4) is 0 Å². The molecule has 1 aromatic heterocycles. The van der Waals surface area contributed by atoms with Gasteiger partial charge in [-0.15, -0.1) is 0 Å². The van der Waals surface area contributed by atoms with Crippen LogP contribution in [-0.4, -0.2) is 54.4 Å². The minimum Gasteiger partial charge on any atom is -0.497 e. The number of nitrogens with one attached hydrogen (secondary N) is 1. The number of nitrogens with zero attached hydrogens (tertiary/aromatic N) is 2. The van der Waals surface area contributed by atoms with Gasteiger partial charge in [0.25, 0.3) is 6.01 Å². The average Bonchev–Trinajstić information content (AvgIpc) is 3.43. The number of benzene rings is 2. The first-order valence-corrected chi connectivity index (χ1v) is 14.3. The minimum atomic E-state index is -4.39. The fraction of sp³-hybridized carbons (Fsp3) is 0.406. The van der Waals surface area contributed by atoms with Crippen molar-refractivity contribution < 1.29 is 31.5 Å². The quantitative estimate of drug-likeness (QED) is 0.246. The van der Waals surface area contributed by atoms with Crippen LogP contribution < -0.4 is 5.32 Å². The molecule has 1 unspecified atom stereocenters. The van der Waals surface area contributed by atoms with Gasteiger partial charge in [-0.2, -0.15) is 18.2 Å². The van der Waals surface area contributed by atoms with Gasteiger partial charge in [-0.3, -0.25) is 4.90 Å². The van der Waals surface area contributed by atoms with Crippen LogP contribution in [0.1, 0.15) is 44.2 Å². The Bertz CT molecular complexity index is 1390. The summed E-state index contributed by atoms with van der Waals surface area (Å²) in [6.45, 7) is 6.18. The summed E-state index contributed by atoms with van der Waals surface area (Å²) >= 11 is 0. The van der Waals surface area contributed by atoms with E-state index >= 15 is 4.39 Å². The van der Waals surface area contributed by atoms with Crippen LogP contribution in [0.2, 0.25) is 0 Å². The third-order valence-corrected chi connectivity index (χ3v) is 7.46. The van der Waals surface area contributed by atoms with Gasteiger partial charge in [0, 0.05) is 37.7 Å².